The maximum absolute atomic E-state index is 13.5. The fourth-order valence-electron chi connectivity index (χ4n) is 4.56. The fraction of sp³-hybridized carbons (Fsp3) is 0.241. The van der Waals surface area contributed by atoms with Crippen LogP contribution in [0.25, 0.3) is 11.3 Å². The molecule has 1 aliphatic heterocycles. The number of hydrogen-bond donors (Lipinski definition) is 3. The minimum Gasteiger partial charge on any atom is -0.481 e. The molecule has 0 saturated carbocycles. The van der Waals surface area contributed by atoms with Crippen LogP contribution in [0.5, 0.6) is 11.8 Å². The molecule has 12 nitrogen and oxygen atoms in total. The smallest absolute Gasteiger partial charge is 0.255 e. The number of halogens is 1. The number of aliphatic hydroxyl groups is 1. The van der Waals surface area contributed by atoms with Crippen LogP contribution in [0.1, 0.15) is 34.5 Å². The molecule has 2 amide bonds. The Morgan fingerprint density at radius 2 is 1.81 bits per heavy atom. The van der Waals surface area contributed by atoms with Crippen LogP contribution < -0.4 is 20.1 Å². The van der Waals surface area contributed by atoms with Gasteiger partial charge in [0.1, 0.15) is 6.04 Å². The van der Waals surface area contributed by atoms with Gasteiger partial charge in [0.25, 0.3) is 5.91 Å². The summed E-state index contributed by atoms with van der Waals surface area (Å²) < 4.78 is 10.3. The molecular formula is C29H28ClN7O5. The van der Waals surface area contributed by atoms with Crippen molar-refractivity contribution in [3.8, 4) is 23.0 Å². The molecule has 0 fully saturated rings. The first-order chi connectivity index (χ1) is 20.3. The summed E-state index contributed by atoms with van der Waals surface area (Å²) in [5.74, 6) is 0.384. The van der Waals surface area contributed by atoms with Gasteiger partial charge >= 0.3 is 0 Å². The number of amides is 2. The number of nitrogens with zero attached hydrogens (tertiary/aromatic N) is 5. The van der Waals surface area contributed by atoms with Crippen LogP contribution in [-0.4, -0.2) is 68.6 Å². The lowest BCUT2D eigenvalue weighted by Crippen LogP contribution is -2.46. The van der Waals surface area contributed by atoms with Crippen LogP contribution in [0.3, 0.4) is 0 Å². The highest BCUT2D eigenvalue weighted by molar-refractivity contribution is 6.33. The van der Waals surface area contributed by atoms with Crippen LogP contribution in [0.4, 0.5) is 11.6 Å². The number of anilines is 2. The summed E-state index contributed by atoms with van der Waals surface area (Å²) in [7, 11) is 3.01. The normalized spacial score (nSPS) is 13.7. The SMILES string of the molecule is COc1cc(Nc2ncc(Cl)c(-c3ccc4c(c3)C(=O)N([C@H](C)C(=O)N[C@H](CO)c3ccnc(OC)c3)C4)n2)ccn1. The van der Waals surface area contributed by atoms with Crippen molar-refractivity contribution in [3.05, 3.63) is 82.8 Å². The molecule has 0 bridgehead atoms. The average molecular weight is 590 g/mol. The first kappa shape index (κ1) is 28.7. The number of aliphatic hydroxyl groups excluding tert-OH is 1. The molecule has 4 aromatic rings. The summed E-state index contributed by atoms with van der Waals surface area (Å²) in [5, 5.41) is 16.2. The van der Waals surface area contributed by atoms with Gasteiger partial charge in [-0.25, -0.2) is 19.9 Å². The third-order valence-electron chi connectivity index (χ3n) is 6.88. The fourth-order valence-corrected chi connectivity index (χ4v) is 4.76. The molecular weight excluding hydrogens is 562 g/mol. The zero-order valence-electron chi connectivity index (χ0n) is 23.0. The van der Waals surface area contributed by atoms with E-state index in [1.807, 2.05) is 12.1 Å². The van der Waals surface area contributed by atoms with Crippen LogP contribution in [0.15, 0.2) is 61.1 Å². The minimum absolute atomic E-state index is 0.254. The highest BCUT2D eigenvalue weighted by atomic mass is 35.5. The van der Waals surface area contributed by atoms with Crippen molar-refractivity contribution in [1.82, 2.24) is 30.2 Å². The van der Waals surface area contributed by atoms with Gasteiger partial charge in [-0.3, -0.25) is 9.59 Å². The Labute approximate surface area is 246 Å². The topological polar surface area (TPSA) is 152 Å². The first-order valence-corrected chi connectivity index (χ1v) is 13.3. The average Bonchev–Trinajstić information content (AvgIpc) is 3.35. The number of aromatic nitrogens is 4. The predicted octanol–water partition coefficient (Wildman–Crippen LogP) is 3.54. The third kappa shape index (κ3) is 5.94. The molecule has 1 aromatic carbocycles. The summed E-state index contributed by atoms with van der Waals surface area (Å²) in [5.41, 5.74) is 3.59. The largest absolute Gasteiger partial charge is 0.481 e. The highest BCUT2D eigenvalue weighted by Crippen LogP contribution is 2.33. The number of fused-ring (bicyclic) bond motifs is 1. The lowest BCUT2D eigenvalue weighted by atomic mass is 10.0. The standard InChI is InChI=1S/C29H28ClN7O5/c1-16(27(39)35-23(15-38)17-6-8-31-24(11-17)41-2)37-14-19-5-4-18(10-21(19)28(37)40)26-22(30)13-33-29(36-26)34-20-7-9-32-25(12-20)42-3/h4-13,16,23,38H,14-15H2,1-3H3,(H,35,39)(H,32,33,34,36)/t16-,23-/m1/s1. The number of carbonyl (C=O) groups is 2. The predicted molar refractivity (Wildman–Crippen MR) is 155 cm³/mol. The van der Waals surface area contributed by atoms with Gasteiger partial charge < -0.3 is 30.1 Å². The highest BCUT2D eigenvalue weighted by Gasteiger charge is 2.35. The van der Waals surface area contributed by atoms with Crippen molar-refractivity contribution in [3.63, 3.8) is 0 Å². The molecule has 4 heterocycles. The molecule has 2 atom stereocenters. The van der Waals surface area contributed by atoms with Gasteiger partial charge in [-0.1, -0.05) is 23.7 Å². The van der Waals surface area contributed by atoms with Gasteiger partial charge in [-0.05, 0) is 36.2 Å². The van der Waals surface area contributed by atoms with Crippen molar-refractivity contribution in [2.45, 2.75) is 25.6 Å². The van der Waals surface area contributed by atoms with Crippen LogP contribution >= 0.6 is 11.6 Å². The summed E-state index contributed by atoms with van der Waals surface area (Å²) in [6.07, 6.45) is 4.61. The van der Waals surface area contributed by atoms with E-state index in [2.05, 4.69) is 30.6 Å². The number of ether oxygens (including phenoxy) is 2. The van der Waals surface area contributed by atoms with Gasteiger partial charge in [0.05, 0.1) is 43.8 Å². The number of nitrogens with one attached hydrogen (secondary N) is 2. The van der Waals surface area contributed by atoms with Crippen LogP contribution in [-0.2, 0) is 11.3 Å². The van der Waals surface area contributed by atoms with E-state index in [0.29, 0.717) is 50.8 Å². The van der Waals surface area contributed by atoms with Gasteiger partial charge in [0, 0.05) is 47.9 Å². The first-order valence-electron chi connectivity index (χ1n) is 13.0. The van der Waals surface area contributed by atoms with Gasteiger partial charge in [0.2, 0.25) is 23.6 Å². The van der Waals surface area contributed by atoms with Crippen LogP contribution in [0, 0.1) is 0 Å². The summed E-state index contributed by atoms with van der Waals surface area (Å²) in [6.45, 7) is 1.56. The Morgan fingerprint density at radius 1 is 1.07 bits per heavy atom. The molecule has 0 spiro atoms. The monoisotopic (exact) mass is 589 g/mol. The number of methoxy groups -OCH3 is 2. The Balaban J connectivity index is 1.32. The van der Waals surface area contributed by atoms with E-state index < -0.39 is 18.0 Å². The number of hydrogen-bond acceptors (Lipinski definition) is 10. The zero-order chi connectivity index (χ0) is 29.8. The summed E-state index contributed by atoms with van der Waals surface area (Å²) in [6, 6.07) is 10.6. The molecule has 1 aliphatic rings. The second-order valence-corrected chi connectivity index (χ2v) is 9.87. The maximum atomic E-state index is 13.5. The van der Waals surface area contributed by atoms with Crippen molar-refractivity contribution in [2.75, 3.05) is 26.1 Å². The third-order valence-corrected chi connectivity index (χ3v) is 7.15. The molecule has 5 rings (SSSR count). The molecule has 0 radical (unpaired) electrons. The van der Waals surface area contributed by atoms with Crippen molar-refractivity contribution in [1.29, 1.82) is 0 Å². The van der Waals surface area contributed by atoms with E-state index in [4.69, 9.17) is 21.1 Å². The summed E-state index contributed by atoms with van der Waals surface area (Å²) >= 11 is 6.46. The van der Waals surface area contributed by atoms with E-state index in [-0.39, 0.29) is 19.1 Å². The van der Waals surface area contributed by atoms with E-state index in [0.717, 1.165) is 5.56 Å². The summed E-state index contributed by atoms with van der Waals surface area (Å²) in [4.78, 5) is 45.1. The zero-order valence-corrected chi connectivity index (χ0v) is 23.8. The minimum atomic E-state index is -0.804. The van der Waals surface area contributed by atoms with E-state index in [1.165, 1.54) is 31.5 Å². The van der Waals surface area contributed by atoms with E-state index in [9.17, 15) is 14.7 Å². The number of rotatable bonds is 10. The van der Waals surface area contributed by atoms with Gasteiger partial charge in [-0.2, -0.15) is 0 Å². The van der Waals surface area contributed by atoms with Crippen molar-refractivity contribution < 1.29 is 24.2 Å². The Kier molecular flexibility index (Phi) is 8.46. The maximum Gasteiger partial charge on any atom is 0.255 e. The number of carbonyl (C=O) groups excluding carboxylic acids is 2. The molecule has 0 saturated heterocycles. The Hall–Kier alpha value is -4.81. The second-order valence-electron chi connectivity index (χ2n) is 9.46. The molecule has 42 heavy (non-hydrogen) atoms. The number of benzene rings is 1. The Bertz CT molecular complexity index is 1640. The van der Waals surface area contributed by atoms with Gasteiger partial charge in [-0.15, -0.1) is 0 Å². The molecule has 216 valence electrons. The van der Waals surface area contributed by atoms with Crippen molar-refractivity contribution >= 4 is 35.1 Å². The van der Waals surface area contributed by atoms with E-state index in [1.54, 1.807) is 43.5 Å². The molecule has 13 heteroatoms. The molecule has 3 N–H and O–H groups in total. The number of pyridine rings is 2. The molecule has 0 unspecified atom stereocenters. The molecule has 0 aliphatic carbocycles. The Morgan fingerprint density at radius 3 is 2.55 bits per heavy atom. The molecule has 3 aromatic heterocycles. The van der Waals surface area contributed by atoms with E-state index >= 15 is 0 Å². The lowest BCUT2D eigenvalue weighted by Gasteiger charge is -2.26. The quantitative estimate of drug-likeness (QED) is 0.250. The van der Waals surface area contributed by atoms with Gasteiger partial charge in [0.15, 0.2) is 0 Å². The second kappa shape index (κ2) is 12.4. The van der Waals surface area contributed by atoms with Crippen molar-refractivity contribution in [2.24, 2.45) is 0 Å². The van der Waals surface area contributed by atoms with Crippen LogP contribution in [0.2, 0.25) is 5.02 Å². The lowest BCUT2D eigenvalue weighted by molar-refractivity contribution is -0.126.